The molecule has 2 aromatic rings. The van der Waals surface area contributed by atoms with Crippen LogP contribution in [0.5, 0.6) is 5.75 Å². The van der Waals surface area contributed by atoms with Crippen LogP contribution in [0.2, 0.25) is 0 Å². The Morgan fingerprint density at radius 2 is 1.89 bits per heavy atom. The zero-order valence-corrected chi connectivity index (χ0v) is 16.1. The van der Waals surface area contributed by atoms with Gasteiger partial charge in [-0.1, -0.05) is 43.8 Å². The predicted octanol–water partition coefficient (Wildman–Crippen LogP) is 4.10. The maximum atomic E-state index is 13.1. The average molecular weight is 378 g/mol. The van der Waals surface area contributed by atoms with Crippen LogP contribution in [-0.2, 0) is 10.2 Å². The number of nitrogens with one attached hydrogen (secondary N) is 1. The highest BCUT2D eigenvalue weighted by Crippen LogP contribution is 2.35. The van der Waals surface area contributed by atoms with E-state index in [-0.39, 0.29) is 28.5 Å². The maximum Gasteiger partial charge on any atom is 0.257 e. The van der Waals surface area contributed by atoms with Gasteiger partial charge in [0.05, 0.1) is 5.56 Å². The molecule has 146 valence electrons. The second-order valence-electron chi connectivity index (χ2n) is 7.50. The highest BCUT2D eigenvalue weighted by molar-refractivity contribution is 6.02. The topological polar surface area (TPSA) is 69.6 Å². The second kappa shape index (κ2) is 8.30. The lowest BCUT2D eigenvalue weighted by atomic mass is 9.76. The van der Waals surface area contributed by atoms with E-state index in [2.05, 4.69) is 43.1 Å². The van der Waals surface area contributed by atoms with Crippen LogP contribution >= 0.6 is 0 Å². The molecule has 3 rings (SSSR count). The maximum absolute atomic E-state index is 13.1. The molecule has 5 nitrogen and oxygen atoms in total. The summed E-state index contributed by atoms with van der Waals surface area (Å²) >= 11 is 0. The van der Waals surface area contributed by atoms with Crippen LogP contribution in [0.1, 0.15) is 42.1 Å². The normalized spacial score (nSPS) is 19.5. The van der Waals surface area contributed by atoms with Crippen molar-refractivity contribution in [2.75, 3.05) is 18.4 Å². The van der Waals surface area contributed by atoms with E-state index in [0.717, 1.165) is 25.3 Å². The molecule has 0 saturated carbocycles. The van der Waals surface area contributed by atoms with Gasteiger partial charge in [-0.3, -0.25) is 9.59 Å². The number of benzene rings is 2. The molecule has 1 aliphatic rings. The summed E-state index contributed by atoms with van der Waals surface area (Å²) in [4.78, 5) is 26.4. The van der Waals surface area contributed by atoms with E-state index in [9.17, 15) is 14.7 Å². The molecule has 1 saturated heterocycles. The highest BCUT2D eigenvalue weighted by Gasteiger charge is 2.31. The fourth-order valence-corrected chi connectivity index (χ4v) is 3.76. The fraction of sp³-hybridized carbons (Fsp3) is 0.304. The number of phenols is 1. The largest absolute Gasteiger partial charge is 0.507 e. The minimum atomic E-state index is -0.363. The summed E-state index contributed by atoms with van der Waals surface area (Å²) < 4.78 is 0. The van der Waals surface area contributed by atoms with Crippen LogP contribution in [0.25, 0.3) is 0 Å². The Morgan fingerprint density at radius 1 is 1.14 bits per heavy atom. The van der Waals surface area contributed by atoms with E-state index in [0.29, 0.717) is 18.8 Å². The van der Waals surface area contributed by atoms with Gasteiger partial charge in [0.1, 0.15) is 5.75 Å². The molecule has 2 N–H and O–H groups in total. The van der Waals surface area contributed by atoms with Gasteiger partial charge in [-0.25, -0.2) is 0 Å². The molecular weight excluding hydrogens is 352 g/mol. The lowest BCUT2D eigenvalue weighted by Crippen LogP contribution is -2.33. The zero-order chi connectivity index (χ0) is 20.1. The van der Waals surface area contributed by atoms with Crippen molar-refractivity contribution in [2.45, 2.75) is 31.6 Å². The fourth-order valence-electron chi connectivity index (χ4n) is 3.76. The summed E-state index contributed by atoms with van der Waals surface area (Å²) in [6, 6.07) is 14.9. The van der Waals surface area contributed by atoms with Crippen molar-refractivity contribution in [3.05, 3.63) is 72.3 Å². The van der Waals surface area contributed by atoms with Crippen molar-refractivity contribution in [1.29, 1.82) is 0 Å². The molecule has 2 amide bonds. The van der Waals surface area contributed by atoms with E-state index >= 15 is 0 Å². The Hall–Kier alpha value is -3.08. The van der Waals surface area contributed by atoms with Gasteiger partial charge in [0.15, 0.2) is 0 Å². The Bertz CT molecular complexity index is 879. The van der Waals surface area contributed by atoms with Gasteiger partial charge in [0.2, 0.25) is 5.91 Å². The summed E-state index contributed by atoms with van der Waals surface area (Å²) in [6.45, 7) is 6.93. The number of hydrogen-bond acceptors (Lipinski definition) is 3. The molecule has 1 atom stereocenters. The Kier molecular flexibility index (Phi) is 5.83. The van der Waals surface area contributed by atoms with Crippen molar-refractivity contribution in [1.82, 2.24) is 4.90 Å². The first kappa shape index (κ1) is 19.7. The van der Waals surface area contributed by atoms with E-state index in [1.54, 1.807) is 11.0 Å². The van der Waals surface area contributed by atoms with Gasteiger partial charge in [0.25, 0.3) is 5.91 Å². The SMILES string of the molecule is C=CC(=O)Nc1ccc(O)c(C(=O)N2CCCC(C)(c3ccccc3)CC2)c1. The third-order valence-electron chi connectivity index (χ3n) is 5.53. The number of likely N-dealkylation sites (tertiary alicyclic amines) is 1. The monoisotopic (exact) mass is 378 g/mol. The van der Waals surface area contributed by atoms with E-state index in [1.165, 1.54) is 17.7 Å². The molecule has 0 bridgehead atoms. The van der Waals surface area contributed by atoms with Crippen LogP contribution in [0, 0.1) is 0 Å². The van der Waals surface area contributed by atoms with E-state index in [4.69, 9.17) is 0 Å². The lowest BCUT2D eigenvalue weighted by molar-refractivity contribution is -0.111. The summed E-state index contributed by atoms with van der Waals surface area (Å²) in [5, 5.41) is 12.8. The molecule has 0 aliphatic carbocycles. The molecule has 1 unspecified atom stereocenters. The summed E-state index contributed by atoms with van der Waals surface area (Å²) in [6.07, 6.45) is 3.91. The van der Waals surface area contributed by atoms with Crippen LogP contribution in [-0.4, -0.2) is 34.9 Å². The number of amides is 2. The summed E-state index contributed by atoms with van der Waals surface area (Å²) in [5.41, 5.74) is 1.97. The highest BCUT2D eigenvalue weighted by atomic mass is 16.3. The van der Waals surface area contributed by atoms with Crippen molar-refractivity contribution >= 4 is 17.5 Å². The number of carbonyl (C=O) groups excluding carboxylic acids is 2. The number of phenolic OH excluding ortho intramolecular Hbond substituents is 1. The number of aromatic hydroxyl groups is 1. The Labute approximate surface area is 165 Å². The quantitative estimate of drug-likeness (QED) is 0.622. The van der Waals surface area contributed by atoms with Crippen molar-refractivity contribution in [3.63, 3.8) is 0 Å². The predicted molar refractivity (Wildman–Crippen MR) is 110 cm³/mol. The second-order valence-corrected chi connectivity index (χ2v) is 7.50. The van der Waals surface area contributed by atoms with Crippen LogP contribution < -0.4 is 5.32 Å². The minimum absolute atomic E-state index is 0.0259. The zero-order valence-electron chi connectivity index (χ0n) is 16.1. The van der Waals surface area contributed by atoms with Crippen molar-refractivity contribution < 1.29 is 14.7 Å². The molecule has 1 aliphatic heterocycles. The lowest BCUT2D eigenvalue weighted by Gasteiger charge is -2.29. The number of anilines is 1. The van der Waals surface area contributed by atoms with Gasteiger partial charge >= 0.3 is 0 Å². The van der Waals surface area contributed by atoms with E-state index < -0.39 is 0 Å². The number of carbonyl (C=O) groups is 2. The number of rotatable bonds is 4. The average Bonchev–Trinajstić information content (AvgIpc) is 2.92. The summed E-state index contributed by atoms with van der Waals surface area (Å²) in [7, 11) is 0. The molecular formula is C23H26N2O3. The molecule has 0 radical (unpaired) electrons. The molecule has 1 heterocycles. The third kappa shape index (κ3) is 4.25. The van der Waals surface area contributed by atoms with Gasteiger partial charge in [-0.05, 0) is 54.5 Å². The number of hydrogen-bond donors (Lipinski definition) is 2. The summed E-state index contributed by atoms with van der Waals surface area (Å²) in [5.74, 6) is -0.668. The standard InChI is InChI=1S/C23H26N2O3/c1-3-21(27)24-18-10-11-20(26)19(16-18)22(28)25-14-7-12-23(2,13-15-25)17-8-5-4-6-9-17/h3-6,8-11,16,26H,1,7,12-15H2,2H3,(H,24,27). The Balaban J connectivity index is 1.77. The van der Waals surface area contributed by atoms with Crippen LogP contribution in [0.3, 0.4) is 0 Å². The molecule has 0 spiro atoms. The smallest absolute Gasteiger partial charge is 0.257 e. The third-order valence-corrected chi connectivity index (χ3v) is 5.53. The molecule has 1 fully saturated rings. The number of nitrogens with zero attached hydrogens (tertiary/aromatic N) is 1. The van der Waals surface area contributed by atoms with Gasteiger partial charge in [-0.2, -0.15) is 0 Å². The Morgan fingerprint density at radius 3 is 2.61 bits per heavy atom. The van der Waals surface area contributed by atoms with Gasteiger partial charge in [-0.15, -0.1) is 0 Å². The van der Waals surface area contributed by atoms with Crippen molar-refractivity contribution in [3.8, 4) is 5.75 Å². The first-order valence-electron chi connectivity index (χ1n) is 9.54. The first-order chi connectivity index (χ1) is 13.4. The molecule has 0 aromatic heterocycles. The minimum Gasteiger partial charge on any atom is -0.507 e. The molecule has 28 heavy (non-hydrogen) atoms. The molecule has 5 heteroatoms. The van der Waals surface area contributed by atoms with Gasteiger partial charge in [0, 0.05) is 18.8 Å². The van der Waals surface area contributed by atoms with E-state index in [1.807, 2.05) is 6.07 Å². The van der Waals surface area contributed by atoms with Gasteiger partial charge < -0.3 is 15.3 Å². The van der Waals surface area contributed by atoms with Crippen LogP contribution in [0.15, 0.2) is 61.2 Å². The van der Waals surface area contributed by atoms with Crippen LogP contribution in [0.4, 0.5) is 5.69 Å². The van der Waals surface area contributed by atoms with Crippen molar-refractivity contribution in [2.24, 2.45) is 0 Å². The first-order valence-corrected chi connectivity index (χ1v) is 9.54. The molecule has 2 aromatic carbocycles.